The molecule has 3 aromatic rings. The lowest BCUT2D eigenvalue weighted by atomic mass is 10.00. The second kappa shape index (κ2) is 8.10. The number of aromatic nitrogens is 2. The fourth-order valence-corrected chi connectivity index (χ4v) is 3.32. The molecule has 0 atom stereocenters. The summed E-state index contributed by atoms with van der Waals surface area (Å²) in [5.74, 6) is -2.41. The Morgan fingerprint density at radius 2 is 1.94 bits per heavy atom. The number of carbonyl (C=O) groups excluding carboxylic acids is 2. The monoisotopic (exact) mass is 424 g/mol. The number of carbonyl (C=O) groups is 2. The largest absolute Gasteiger partial charge is 0.482 e. The molecule has 1 aliphatic rings. The maximum atomic E-state index is 13.8. The molecule has 2 aromatic carbocycles. The minimum atomic E-state index is -0.966. The lowest BCUT2D eigenvalue weighted by Gasteiger charge is -2.27. The molecule has 9 heteroatoms. The molecule has 31 heavy (non-hydrogen) atoms. The number of ether oxygens (including phenoxy) is 1. The molecule has 1 aromatic heterocycles. The topological polar surface area (TPSA) is 84.4 Å². The Morgan fingerprint density at radius 1 is 1.19 bits per heavy atom. The van der Waals surface area contributed by atoms with E-state index in [0.29, 0.717) is 23.6 Å². The van der Waals surface area contributed by atoms with Gasteiger partial charge in [-0.1, -0.05) is 13.0 Å². The van der Waals surface area contributed by atoms with Crippen molar-refractivity contribution in [3.05, 3.63) is 65.5 Å². The van der Waals surface area contributed by atoms with Crippen LogP contribution in [-0.4, -0.2) is 35.4 Å². The fraction of sp³-hybridized carbons (Fsp3) is 0.182. The third-order valence-corrected chi connectivity index (χ3v) is 5.01. The lowest BCUT2D eigenvalue weighted by Crippen LogP contribution is -2.35. The zero-order valence-electron chi connectivity index (χ0n) is 16.8. The highest BCUT2D eigenvalue weighted by atomic mass is 19.1. The predicted octanol–water partition coefficient (Wildman–Crippen LogP) is 3.59. The molecule has 0 radical (unpaired) electrons. The van der Waals surface area contributed by atoms with Gasteiger partial charge in [-0.25, -0.2) is 13.8 Å². The van der Waals surface area contributed by atoms with Crippen LogP contribution in [0.2, 0.25) is 0 Å². The summed E-state index contributed by atoms with van der Waals surface area (Å²) in [5, 5.41) is 2.35. The van der Waals surface area contributed by atoms with E-state index in [4.69, 9.17) is 4.74 Å². The number of hydrogen-bond donors (Lipinski definition) is 1. The van der Waals surface area contributed by atoms with Crippen molar-refractivity contribution in [2.24, 2.45) is 0 Å². The summed E-state index contributed by atoms with van der Waals surface area (Å²) in [5.41, 5.74) is 2.23. The molecule has 7 nitrogen and oxygen atoms in total. The summed E-state index contributed by atoms with van der Waals surface area (Å²) in [6.45, 7) is 1.93. The first-order valence-electron chi connectivity index (χ1n) is 9.53. The van der Waals surface area contributed by atoms with E-state index in [1.165, 1.54) is 18.5 Å². The summed E-state index contributed by atoms with van der Waals surface area (Å²) in [7, 11) is 1.69. The standard InChI is InChI=1S/C22H18F2N4O3/c1-3-12-7-17-18(31-11-20(29)28(17)2)8-13(12)16-9-26-19(10-25-16)27-22(30)21-14(23)5-4-6-15(21)24/h4-10H,3,11H2,1-2H3,(H,26,27,30). The number of nitrogens with one attached hydrogen (secondary N) is 1. The van der Waals surface area contributed by atoms with Gasteiger partial charge in [0.1, 0.15) is 22.9 Å². The molecule has 0 spiro atoms. The normalized spacial score (nSPS) is 12.9. The first-order valence-corrected chi connectivity index (χ1v) is 9.53. The molecule has 0 aliphatic carbocycles. The van der Waals surface area contributed by atoms with Crippen LogP contribution in [0.15, 0.2) is 42.7 Å². The zero-order chi connectivity index (χ0) is 22.1. The molecule has 2 heterocycles. The molecule has 0 unspecified atom stereocenters. The van der Waals surface area contributed by atoms with Crippen molar-refractivity contribution in [2.75, 3.05) is 23.9 Å². The number of anilines is 2. The number of amides is 2. The third kappa shape index (κ3) is 3.81. The maximum absolute atomic E-state index is 13.8. The second-order valence-electron chi connectivity index (χ2n) is 6.91. The van der Waals surface area contributed by atoms with Crippen molar-refractivity contribution in [2.45, 2.75) is 13.3 Å². The van der Waals surface area contributed by atoms with Gasteiger partial charge in [0.05, 0.1) is 23.8 Å². The quantitative estimate of drug-likeness (QED) is 0.692. The van der Waals surface area contributed by atoms with Crippen molar-refractivity contribution in [1.29, 1.82) is 0 Å². The Balaban J connectivity index is 1.61. The van der Waals surface area contributed by atoms with Crippen molar-refractivity contribution in [3.63, 3.8) is 0 Å². The first-order chi connectivity index (χ1) is 14.9. The lowest BCUT2D eigenvalue weighted by molar-refractivity contribution is -0.120. The van der Waals surface area contributed by atoms with Gasteiger partial charge in [0.15, 0.2) is 12.4 Å². The van der Waals surface area contributed by atoms with Gasteiger partial charge < -0.3 is 15.0 Å². The van der Waals surface area contributed by atoms with Crippen molar-refractivity contribution in [3.8, 4) is 17.0 Å². The van der Waals surface area contributed by atoms with Gasteiger partial charge in [0, 0.05) is 12.6 Å². The van der Waals surface area contributed by atoms with Gasteiger partial charge in [-0.3, -0.25) is 14.6 Å². The summed E-state index contributed by atoms with van der Waals surface area (Å²) < 4.78 is 33.1. The summed E-state index contributed by atoms with van der Waals surface area (Å²) in [6.07, 6.45) is 3.44. The van der Waals surface area contributed by atoms with Crippen LogP contribution >= 0.6 is 0 Å². The van der Waals surface area contributed by atoms with Gasteiger partial charge in [-0.15, -0.1) is 0 Å². The maximum Gasteiger partial charge on any atom is 0.264 e. The highest BCUT2D eigenvalue weighted by Crippen LogP contribution is 2.37. The highest BCUT2D eigenvalue weighted by molar-refractivity contribution is 6.04. The molecule has 158 valence electrons. The average Bonchev–Trinajstić information content (AvgIpc) is 2.76. The van der Waals surface area contributed by atoms with Crippen LogP contribution in [0.4, 0.5) is 20.3 Å². The zero-order valence-corrected chi connectivity index (χ0v) is 16.8. The highest BCUT2D eigenvalue weighted by Gasteiger charge is 2.24. The molecule has 4 rings (SSSR count). The van der Waals surface area contributed by atoms with E-state index < -0.39 is 23.1 Å². The van der Waals surface area contributed by atoms with E-state index in [1.54, 1.807) is 18.0 Å². The Morgan fingerprint density at radius 3 is 2.58 bits per heavy atom. The van der Waals surface area contributed by atoms with Gasteiger partial charge in [-0.2, -0.15) is 0 Å². The van der Waals surface area contributed by atoms with Crippen LogP contribution in [0, 0.1) is 11.6 Å². The van der Waals surface area contributed by atoms with Crippen molar-refractivity contribution in [1.82, 2.24) is 9.97 Å². The number of nitrogens with zero attached hydrogens (tertiary/aromatic N) is 3. The van der Waals surface area contributed by atoms with Gasteiger partial charge in [-0.05, 0) is 36.2 Å². The minimum absolute atomic E-state index is 0.0440. The molecule has 0 bridgehead atoms. The van der Waals surface area contributed by atoms with Gasteiger partial charge in [0.2, 0.25) is 0 Å². The van der Waals surface area contributed by atoms with E-state index in [2.05, 4.69) is 15.3 Å². The Hall–Kier alpha value is -3.88. The van der Waals surface area contributed by atoms with Crippen LogP contribution in [0.5, 0.6) is 5.75 Å². The second-order valence-corrected chi connectivity index (χ2v) is 6.91. The smallest absolute Gasteiger partial charge is 0.264 e. The van der Waals surface area contributed by atoms with Crippen LogP contribution in [-0.2, 0) is 11.2 Å². The summed E-state index contributed by atoms with van der Waals surface area (Å²) in [6, 6.07) is 6.86. The van der Waals surface area contributed by atoms with Crippen molar-refractivity contribution < 1.29 is 23.1 Å². The number of fused-ring (bicyclic) bond motifs is 1. The number of halogens is 2. The predicted molar refractivity (Wildman–Crippen MR) is 110 cm³/mol. The molecule has 2 amide bonds. The number of benzene rings is 2. The average molecular weight is 424 g/mol. The fourth-order valence-electron chi connectivity index (χ4n) is 3.32. The van der Waals surface area contributed by atoms with Crippen LogP contribution in [0.3, 0.4) is 0 Å². The van der Waals surface area contributed by atoms with E-state index in [1.807, 2.05) is 13.0 Å². The number of rotatable bonds is 4. The molecule has 0 saturated carbocycles. The van der Waals surface area contributed by atoms with Crippen LogP contribution in [0.25, 0.3) is 11.3 Å². The van der Waals surface area contributed by atoms with Crippen molar-refractivity contribution >= 4 is 23.3 Å². The summed E-state index contributed by atoms with van der Waals surface area (Å²) in [4.78, 5) is 34.1. The van der Waals surface area contributed by atoms with Gasteiger partial charge >= 0.3 is 0 Å². The number of aryl methyl sites for hydroxylation is 1. The molecule has 0 fully saturated rings. The minimum Gasteiger partial charge on any atom is -0.482 e. The van der Waals surface area contributed by atoms with Crippen LogP contribution < -0.4 is 15.0 Å². The Labute approximate surface area is 176 Å². The third-order valence-electron chi connectivity index (χ3n) is 5.01. The molecular formula is C22H18F2N4O3. The SMILES string of the molecule is CCc1cc2c(cc1-c1cnc(NC(=O)c3c(F)cccc3F)cn1)OCC(=O)N2C. The van der Waals surface area contributed by atoms with Crippen LogP contribution in [0.1, 0.15) is 22.8 Å². The first kappa shape index (κ1) is 20.4. The molecule has 1 N–H and O–H groups in total. The molecule has 0 saturated heterocycles. The van der Waals surface area contributed by atoms with Gasteiger partial charge in [0.25, 0.3) is 11.8 Å². The number of hydrogen-bond acceptors (Lipinski definition) is 5. The van der Waals surface area contributed by atoms with E-state index in [0.717, 1.165) is 23.3 Å². The van der Waals surface area contributed by atoms with E-state index >= 15 is 0 Å². The van der Waals surface area contributed by atoms with E-state index in [-0.39, 0.29) is 18.3 Å². The summed E-state index contributed by atoms with van der Waals surface area (Å²) >= 11 is 0. The Kier molecular flexibility index (Phi) is 5.33. The molecule has 1 aliphatic heterocycles. The Bertz CT molecular complexity index is 1160. The molecular weight excluding hydrogens is 406 g/mol. The number of likely N-dealkylation sites (N-methyl/N-ethyl adjacent to an activating group) is 1. The van der Waals surface area contributed by atoms with E-state index in [9.17, 15) is 18.4 Å².